The molecule has 0 unspecified atom stereocenters. The van der Waals surface area contributed by atoms with Crippen molar-refractivity contribution in [2.45, 2.75) is 12.8 Å². The van der Waals surface area contributed by atoms with Crippen molar-refractivity contribution in [3.63, 3.8) is 0 Å². The topological polar surface area (TPSA) is 30.0 Å². The number of hydrogen-bond donors (Lipinski definition) is 0. The summed E-state index contributed by atoms with van der Waals surface area (Å²) in [6.45, 7) is 0. The molecule has 2 heterocycles. The minimum atomic E-state index is 0.213. The van der Waals surface area contributed by atoms with Crippen molar-refractivity contribution in [3.05, 3.63) is 40.0 Å². The average molecular weight is 250 g/mol. The Morgan fingerprint density at radius 1 is 1.25 bits per heavy atom. The molecule has 0 saturated carbocycles. The molecule has 2 aromatic heterocycles. The third kappa shape index (κ3) is 1.39. The van der Waals surface area contributed by atoms with Gasteiger partial charge >= 0.3 is 0 Å². The van der Waals surface area contributed by atoms with E-state index in [0.717, 1.165) is 32.3 Å². The predicted molar refractivity (Wildman–Crippen MR) is 65.2 cm³/mol. The zero-order valence-corrected chi connectivity index (χ0v) is 9.94. The lowest BCUT2D eigenvalue weighted by Gasteiger charge is -1.98. The molecule has 2 nitrogen and oxygen atoms in total. The summed E-state index contributed by atoms with van der Waals surface area (Å²) in [7, 11) is 0. The summed E-state index contributed by atoms with van der Waals surface area (Å²) in [5.74, 6) is 0.213. The van der Waals surface area contributed by atoms with Gasteiger partial charge < -0.3 is 0 Å². The Morgan fingerprint density at radius 2 is 2.00 bits per heavy atom. The van der Waals surface area contributed by atoms with E-state index in [1.54, 1.807) is 12.4 Å². The first kappa shape index (κ1) is 10.00. The minimum absolute atomic E-state index is 0.213. The molecule has 0 spiro atoms. The van der Waals surface area contributed by atoms with Crippen LogP contribution in [0.25, 0.3) is 10.4 Å². The van der Waals surface area contributed by atoms with Gasteiger partial charge in [-0.05, 0) is 29.7 Å². The van der Waals surface area contributed by atoms with Crippen molar-refractivity contribution in [1.29, 1.82) is 0 Å². The Bertz CT molecular complexity index is 562. The van der Waals surface area contributed by atoms with Gasteiger partial charge in [0.2, 0.25) is 0 Å². The Morgan fingerprint density at radius 3 is 2.75 bits per heavy atom. The van der Waals surface area contributed by atoms with Crippen LogP contribution in [0.3, 0.4) is 0 Å². The van der Waals surface area contributed by atoms with Gasteiger partial charge in [0.05, 0.1) is 4.34 Å². The first-order chi connectivity index (χ1) is 7.77. The number of Topliss-reactive ketones (excluding diaryl/α,β-unsaturated/α-hetero) is 1. The third-order valence-corrected chi connectivity index (χ3v) is 4.31. The molecule has 0 fully saturated rings. The fourth-order valence-corrected chi connectivity index (χ4v) is 3.55. The van der Waals surface area contributed by atoms with Crippen LogP contribution in [0.4, 0.5) is 0 Å². The molecule has 0 bridgehead atoms. The maximum Gasteiger partial charge on any atom is 0.165 e. The molecule has 0 atom stereocenters. The van der Waals surface area contributed by atoms with Crippen LogP contribution >= 0.6 is 22.9 Å². The van der Waals surface area contributed by atoms with Gasteiger partial charge in [-0.3, -0.25) is 9.78 Å². The largest absolute Gasteiger partial charge is 0.294 e. The number of nitrogens with zero attached hydrogens (tertiary/aromatic N) is 1. The van der Waals surface area contributed by atoms with E-state index >= 15 is 0 Å². The van der Waals surface area contributed by atoms with Crippen LogP contribution < -0.4 is 0 Å². The lowest BCUT2D eigenvalue weighted by molar-refractivity contribution is 0.0995. The second-order valence-corrected chi connectivity index (χ2v) is 5.34. The molecule has 1 aliphatic carbocycles. The van der Waals surface area contributed by atoms with Crippen LogP contribution in [-0.4, -0.2) is 10.8 Å². The summed E-state index contributed by atoms with van der Waals surface area (Å²) in [5.41, 5.74) is 2.89. The summed E-state index contributed by atoms with van der Waals surface area (Å²) in [4.78, 5) is 16.8. The van der Waals surface area contributed by atoms with Crippen molar-refractivity contribution >= 4 is 28.7 Å². The number of carbonyl (C=O) groups is 1. The van der Waals surface area contributed by atoms with Gasteiger partial charge in [-0.15, -0.1) is 11.3 Å². The molecule has 0 aliphatic heterocycles. The zero-order chi connectivity index (χ0) is 11.1. The van der Waals surface area contributed by atoms with Gasteiger partial charge in [0.25, 0.3) is 0 Å². The second kappa shape index (κ2) is 3.68. The quantitative estimate of drug-likeness (QED) is 0.773. The van der Waals surface area contributed by atoms with Gasteiger partial charge in [-0.2, -0.15) is 0 Å². The van der Waals surface area contributed by atoms with Crippen LogP contribution in [0.15, 0.2) is 24.5 Å². The number of halogens is 1. The number of hydrogen-bond acceptors (Lipinski definition) is 3. The standard InChI is InChI=1S/C12H8ClNOS/c13-12-8-1-2-9(15)10(8)11(16-12)7-3-5-14-6-4-7/h3-6H,1-2H2. The van der Waals surface area contributed by atoms with E-state index in [1.807, 2.05) is 12.1 Å². The molecule has 2 aromatic rings. The molecular weight excluding hydrogens is 242 g/mol. The predicted octanol–water partition coefficient (Wildman–Crippen LogP) is 3.59. The molecule has 4 heteroatoms. The second-order valence-electron chi connectivity index (χ2n) is 3.72. The molecule has 80 valence electrons. The molecule has 0 aromatic carbocycles. The van der Waals surface area contributed by atoms with E-state index in [4.69, 9.17) is 11.6 Å². The number of thiophene rings is 1. The highest BCUT2D eigenvalue weighted by atomic mass is 35.5. The van der Waals surface area contributed by atoms with Gasteiger partial charge in [-0.1, -0.05) is 11.6 Å². The minimum Gasteiger partial charge on any atom is -0.294 e. The van der Waals surface area contributed by atoms with E-state index in [1.165, 1.54) is 11.3 Å². The number of carbonyl (C=O) groups excluding carboxylic acids is 1. The average Bonchev–Trinajstić information content (AvgIpc) is 2.83. The van der Waals surface area contributed by atoms with Gasteiger partial charge in [0.1, 0.15) is 0 Å². The smallest absolute Gasteiger partial charge is 0.165 e. The Labute approximate surface area is 102 Å². The first-order valence-electron chi connectivity index (χ1n) is 5.02. The molecular formula is C12H8ClNOS. The zero-order valence-electron chi connectivity index (χ0n) is 8.37. The molecule has 0 N–H and O–H groups in total. The Balaban J connectivity index is 2.24. The maximum absolute atomic E-state index is 11.8. The molecule has 0 amide bonds. The molecule has 0 radical (unpaired) electrons. The number of aromatic nitrogens is 1. The summed E-state index contributed by atoms with van der Waals surface area (Å²) < 4.78 is 0.757. The van der Waals surface area contributed by atoms with Gasteiger partial charge in [-0.25, -0.2) is 0 Å². The fourth-order valence-electron chi connectivity index (χ4n) is 2.03. The van der Waals surface area contributed by atoms with Crippen molar-refractivity contribution < 1.29 is 4.79 Å². The molecule has 3 rings (SSSR count). The number of ketones is 1. The van der Waals surface area contributed by atoms with Crippen molar-refractivity contribution in [2.24, 2.45) is 0 Å². The Kier molecular flexibility index (Phi) is 2.30. The lowest BCUT2D eigenvalue weighted by atomic mass is 10.1. The van der Waals surface area contributed by atoms with E-state index in [-0.39, 0.29) is 5.78 Å². The molecule has 16 heavy (non-hydrogen) atoms. The highest BCUT2D eigenvalue weighted by Gasteiger charge is 2.28. The van der Waals surface area contributed by atoms with Crippen molar-refractivity contribution in [1.82, 2.24) is 4.98 Å². The SMILES string of the molecule is O=C1CCc2c(Cl)sc(-c3ccncc3)c21. The van der Waals surface area contributed by atoms with Crippen LogP contribution in [0, 0.1) is 0 Å². The number of pyridine rings is 1. The van der Waals surface area contributed by atoms with E-state index in [2.05, 4.69) is 4.98 Å². The van der Waals surface area contributed by atoms with Crippen molar-refractivity contribution in [2.75, 3.05) is 0 Å². The van der Waals surface area contributed by atoms with Crippen LogP contribution in [0.1, 0.15) is 22.3 Å². The normalized spacial score (nSPS) is 14.2. The van der Waals surface area contributed by atoms with Crippen molar-refractivity contribution in [3.8, 4) is 10.4 Å². The van der Waals surface area contributed by atoms with E-state index in [0.29, 0.717) is 6.42 Å². The molecule has 1 aliphatic rings. The Hall–Kier alpha value is -1.19. The maximum atomic E-state index is 11.8. The highest BCUT2D eigenvalue weighted by Crippen LogP contribution is 2.43. The highest BCUT2D eigenvalue weighted by molar-refractivity contribution is 7.20. The third-order valence-electron chi connectivity index (χ3n) is 2.78. The number of fused-ring (bicyclic) bond motifs is 1. The van der Waals surface area contributed by atoms with E-state index in [9.17, 15) is 4.79 Å². The van der Waals surface area contributed by atoms with Crippen LogP contribution in [0.5, 0.6) is 0 Å². The monoisotopic (exact) mass is 249 g/mol. The summed E-state index contributed by atoms with van der Waals surface area (Å²) >= 11 is 7.65. The summed E-state index contributed by atoms with van der Waals surface area (Å²) in [5, 5.41) is 0. The first-order valence-corrected chi connectivity index (χ1v) is 6.21. The van der Waals surface area contributed by atoms with Crippen LogP contribution in [0.2, 0.25) is 4.34 Å². The van der Waals surface area contributed by atoms with E-state index < -0.39 is 0 Å². The molecule has 0 saturated heterocycles. The lowest BCUT2D eigenvalue weighted by Crippen LogP contribution is -1.91. The summed E-state index contributed by atoms with van der Waals surface area (Å²) in [6, 6.07) is 3.82. The van der Waals surface area contributed by atoms with Crippen LogP contribution in [-0.2, 0) is 6.42 Å². The fraction of sp³-hybridized carbons (Fsp3) is 0.167. The van der Waals surface area contributed by atoms with Gasteiger partial charge in [0, 0.05) is 29.3 Å². The summed E-state index contributed by atoms with van der Waals surface area (Å²) in [6.07, 6.45) is 4.84. The number of rotatable bonds is 1. The van der Waals surface area contributed by atoms with Gasteiger partial charge in [0.15, 0.2) is 5.78 Å².